The minimum absolute atomic E-state index is 0.723. The average molecular weight is 188 g/mol. The first kappa shape index (κ1) is 11.0. The fourth-order valence-corrected chi connectivity index (χ4v) is 1.99. The van der Waals surface area contributed by atoms with E-state index in [1.807, 2.05) is 12.2 Å². The van der Waals surface area contributed by atoms with Crippen molar-refractivity contribution in [3.63, 3.8) is 0 Å². The van der Waals surface area contributed by atoms with E-state index in [0.717, 1.165) is 5.92 Å². The Morgan fingerprint density at radius 1 is 1.57 bits per heavy atom. The van der Waals surface area contributed by atoms with Crippen molar-refractivity contribution < 1.29 is 0 Å². The van der Waals surface area contributed by atoms with Gasteiger partial charge in [0.25, 0.3) is 0 Å². The molecule has 0 nitrogen and oxygen atoms in total. The standard InChI is InChI=1S/C14H20/c1-5-7-8-14-10-13(6-2)11(3)9-12(14)4/h5,7-8,10-11H,1,6,9H2,2-4H3/b8-7-. The first-order valence-electron chi connectivity index (χ1n) is 5.38. The summed E-state index contributed by atoms with van der Waals surface area (Å²) >= 11 is 0. The molecule has 76 valence electrons. The van der Waals surface area contributed by atoms with Gasteiger partial charge in [0.1, 0.15) is 0 Å². The lowest BCUT2D eigenvalue weighted by Crippen LogP contribution is -2.06. The molecule has 0 bridgehead atoms. The third kappa shape index (κ3) is 2.47. The monoisotopic (exact) mass is 188 g/mol. The predicted octanol–water partition coefficient (Wildman–Crippen LogP) is 4.42. The minimum Gasteiger partial charge on any atom is -0.0991 e. The molecular formula is C14H20. The second-order valence-electron chi connectivity index (χ2n) is 4.01. The van der Waals surface area contributed by atoms with Gasteiger partial charge in [-0.15, -0.1) is 0 Å². The van der Waals surface area contributed by atoms with E-state index < -0.39 is 0 Å². The molecule has 0 fully saturated rings. The first-order chi connectivity index (χ1) is 6.69. The van der Waals surface area contributed by atoms with E-state index in [1.165, 1.54) is 24.0 Å². The number of hydrogen-bond donors (Lipinski definition) is 0. The maximum atomic E-state index is 3.69. The molecular weight excluding hydrogens is 168 g/mol. The molecule has 0 aliphatic heterocycles. The first-order valence-corrected chi connectivity index (χ1v) is 5.38. The van der Waals surface area contributed by atoms with E-state index >= 15 is 0 Å². The van der Waals surface area contributed by atoms with Gasteiger partial charge < -0.3 is 0 Å². The topological polar surface area (TPSA) is 0 Å². The van der Waals surface area contributed by atoms with Crippen LogP contribution in [0.3, 0.4) is 0 Å². The third-order valence-corrected chi connectivity index (χ3v) is 2.90. The smallest absolute Gasteiger partial charge is 0.0191 e. The third-order valence-electron chi connectivity index (χ3n) is 2.90. The van der Waals surface area contributed by atoms with Gasteiger partial charge in [0.15, 0.2) is 0 Å². The van der Waals surface area contributed by atoms with Crippen molar-refractivity contribution in [1.29, 1.82) is 0 Å². The molecule has 1 atom stereocenters. The Balaban J connectivity index is 2.93. The highest BCUT2D eigenvalue weighted by atomic mass is 14.2. The van der Waals surface area contributed by atoms with Crippen LogP contribution in [0.1, 0.15) is 33.6 Å². The molecule has 1 unspecified atom stereocenters. The van der Waals surface area contributed by atoms with Crippen LogP contribution in [0, 0.1) is 5.92 Å². The van der Waals surface area contributed by atoms with Gasteiger partial charge in [-0.25, -0.2) is 0 Å². The molecule has 0 spiro atoms. The Bertz CT molecular complexity index is 300. The van der Waals surface area contributed by atoms with E-state index in [9.17, 15) is 0 Å². The molecule has 0 heteroatoms. The van der Waals surface area contributed by atoms with Gasteiger partial charge in [-0.2, -0.15) is 0 Å². The highest BCUT2D eigenvalue weighted by molar-refractivity contribution is 5.42. The Morgan fingerprint density at radius 3 is 2.86 bits per heavy atom. The normalized spacial score (nSPS) is 22.8. The molecule has 1 aliphatic carbocycles. The summed E-state index contributed by atoms with van der Waals surface area (Å²) in [5, 5.41) is 0. The Labute approximate surface area is 87.7 Å². The largest absolute Gasteiger partial charge is 0.0991 e. The molecule has 0 aromatic carbocycles. The van der Waals surface area contributed by atoms with E-state index in [-0.39, 0.29) is 0 Å². The quantitative estimate of drug-likeness (QED) is 0.575. The van der Waals surface area contributed by atoms with Crippen LogP contribution >= 0.6 is 0 Å². The SMILES string of the molecule is C=C/C=C\C1=C(C)CC(C)C(CC)=C1. The van der Waals surface area contributed by atoms with E-state index in [4.69, 9.17) is 0 Å². The molecule has 0 aromatic rings. The summed E-state index contributed by atoms with van der Waals surface area (Å²) < 4.78 is 0. The summed E-state index contributed by atoms with van der Waals surface area (Å²) in [5.74, 6) is 0.723. The van der Waals surface area contributed by atoms with Crippen molar-refractivity contribution in [3.05, 3.63) is 47.6 Å². The predicted molar refractivity (Wildman–Crippen MR) is 64.2 cm³/mol. The number of allylic oxidation sites excluding steroid dienone is 7. The van der Waals surface area contributed by atoms with Crippen LogP contribution in [-0.2, 0) is 0 Å². The summed E-state index contributed by atoms with van der Waals surface area (Å²) in [6, 6.07) is 0. The molecule has 0 aromatic heterocycles. The second kappa shape index (κ2) is 4.99. The van der Waals surface area contributed by atoms with Crippen molar-refractivity contribution in [2.45, 2.75) is 33.6 Å². The molecule has 0 N–H and O–H groups in total. The average Bonchev–Trinajstić information content (AvgIpc) is 2.17. The van der Waals surface area contributed by atoms with Gasteiger partial charge in [-0.3, -0.25) is 0 Å². The molecule has 14 heavy (non-hydrogen) atoms. The van der Waals surface area contributed by atoms with Gasteiger partial charge >= 0.3 is 0 Å². The zero-order valence-corrected chi connectivity index (χ0v) is 9.51. The molecule has 0 saturated carbocycles. The van der Waals surface area contributed by atoms with E-state index in [2.05, 4.69) is 39.5 Å². The van der Waals surface area contributed by atoms with Gasteiger partial charge in [-0.1, -0.05) is 55.9 Å². The fraction of sp³-hybridized carbons (Fsp3) is 0.429. The summed E-state index contributed by atoms with van der Waals surface area (Å²) in [7, 11) is 0. The van der Waals surface area contributed by atoms with E-state index in [0.29, 0.717) is 0 Å². The summed E-state index contributed by atoms with van der Waals surface area (Å²) in [6.45, 7) is 10.5. The number of hydrogen-bond acceptors (Lipinski definition) is 0. The molecule has 1 aliphatic rings. The van der Waals surface area contributed by atoms with E-state index in [1.54, 1.807) is 5.57 Å². The van der Waals surface area contributed by atoms with Gasteiger partial charge in [0.05, 0.1) is 0 Å². The lowest BCUT2D eigenvalue weighted by atomic mass is 9.84. The van der Waals surface area contributed by atoms with Crippen LogP contribution in [0.2, 0.25) is 0 Å². The van der Waals surface area contributed by atoms with Crippen LogP contribution in [0.15, 0.2) is 47.6 Å². The van der Waals surface area contributed by atoms with Crippen molar-refractivity contribution in [2.75, 3.05) is 0 Å². The Morgan fingerprint density at radius 2 is 2.29 bits per heavy atom. The van der Waals surface area contributed by atoms with Gasteiger partial charge in [0, 0.05) is 0 Å². The molecule has 0 heterocycles. The molecule has 0 amide bonds. The molecule has 1 rings (SSSR count). The van der Waals surface area contributed by atoms with Crippen LogP contribution in [0.4, 0.5) is 0 Å². The Hall–Kier alpha value is -1.04. The summed E-state index contributed by atoms with van der Waals surface area (Å²) in [4.78, 5) is 0. The second-order valence-corrected chi connectivity index (χ2v) is 4.01. The minimum atomic E-state index is 0.723. The summed E-state index contributed by atoms with van der Waals surface area (Å²) in [5.41, 5.74) is 4.44. The summed E-state index contributed by atoms with van der Waals surface area (Å²) in [6.07, 6.45) is 10.7. The molecule has 0 saturated heterocycles. The van der Waals surface area contributed by atoms with Crippen molar-refractivity contribution >= 4 is 0 Å². The van der Waals surface area contributed by atoms with Crippen molar-refractivity contribution in [2.24, 2.45) is 5.92 Å². The molecule has 0 radical (unpaired) electrons. The number of rotatable bonds is 3. The maximum absolute atomic E-state index is 3.69. The van der Waals surface area contributed by atoms with Gasteiger partial charge in [-0.05, 0) is 31.3 Å². The van der Waals surface area contributed by atoms with Crippen molar-refractivity contribution in [1.82, 2.24) is 0 Å². The zero-order valence-electron chi connectivity index (χ0n) is 9.51. The van der Waals surface area contributed by atoms with Crippen LogP contribution in [0.5, 0.6) is 0 Å². The van der Waals surface area contributed by atoms with Crippen LogP contribution in [0.25, 0.3) is 0 Å². The van der Waals surface area contributed by atoms with Crippen LogP contribution in [-0.4, -0.2) is 0 Å². The zero-order chi connectivity index (χ0) is 10.6. The lowest BCUT2D eigenvalue weighted by Gasteiger charge is -2.22. The lowest BCUT2D eigenvalue weighted by molar-refractivity contribution is 0.635. The van der Waals surface area contributed by atoms with Gasteiger partial charge in [0.2, 0.25) is 0 Å². The highest BCUT2D eigenvalue weighted by Crippen LogP contribution is 2.30. The van der Waals surface area contributed by atoms with Crippen LogP contribution < -0.4 is 0 Å². The Kier molecular flexibility index (Phi) is 3.94. The van der Waals surface area contributed by atoms with Crippen molar-refractivity contribution in [3.8, 4) is 0 Å². The maximum Gasteiger partial charge on any atom is -0.0191 e. The fourth-order valence-electron chi connectivity index (χ4n) is 1.99. The highest BCUT2D eigenvalue weighted by Gasteiger charge is 2.14.